The van der Waals surface area contributed by atoms with Crippen LogP contribution in [0.3, 0.4) is 0 Å². The predicted octanol–water partition coefficient (Wildman–Crippen LogP) is 3.42. The molecule has 2 fully saturated rings. The number of hydrogen-bond donors (Lipinski definition) is 3. The lowest BCUT2D eigenvalue weighted by Crippen LogP contribution is -2.47. The first kappa shape index (κ1) is 20.2. The lowest BCUT2D eigenvalue weighted by Gasteiger charge is -2.30. The van der Waals surface area contributed by atoms with Crippen LogP contribution in [0.15, 0.2) is 22.5 Å². The Bertz CT molecular complexity index is 637. The van der Waals surface area contributed by atoms with Crippen LogP contribution >= 0.6 is 11.3 Å². The van der Waals surface area contributed by atoms with Gasteiger partial charge in [-0.25, -0.2) is 0 Å². The summed E-state index contributed by atoms with van der Waals surface area (Å²) in [5.74, 6) is 1.27. The second-order valence-electron chi connectivity index (χ2n) is 8.54. The van der Waals surface area contributed by atoms with Gasteiger partial charge < -0.3 is 16.0 Å². The molecule has 3 rings (SSSR count). The molecule has 1 heterocycles. The van der Waals surface area contributed by atoms with E-state index in [0.717, 1.165) is 57.6 Å². The molecule has 0 aromatic carbocycles. The van der Waals surface area contributed by atoms with E-state index in [1.807, 2.05) is 0 Å². The third-order valence-corrected chi connectivity index (χ3v) is 6.71. The number of nitrogens with zero attached hydrogens (tertiary/aromatic N) is 1. The number of aliphatic imine (C=N–C) groups is 1. The maximum Gasteiger partial charge on any atom is 0.223 e. The van der Waals surface area contributed by atoms with Gasteiger partial charge in [0.05, 0.1) is 6.54 Å². The van der Waals surface area contributed by atoms with Gasteiger partial charge in [0.1, 0.15) is 0 Å². The molecule has 0 bridgehead atoms. The van der Waals surface area contributed by atoms with Gasteiger partial charge in [-0.2, -0.15) is 0 Å². The molecule has 1 aromatic heterocycles. The van der Waals surface area contributed by atoms with Gasteiger partial charge in [-0.1, -0.05) is 26.3 Å². The Morgan fingerprint density at radius 1 is 1.22 bits per heavy atom. The van der Waals surface area contributed by atoms with Gasteiger partial charge in [-0.15, -0.1) is 11.3 Å². The van der Waals surface area contributed by atoms with E-state index < -0.39 is 0 Å². The van der Waals surface area contributed by atoms with Crippen molar-refractivity contribution in [2.75, 3.05) is 13.1 Å². The van der Waals surface area contributed by atoms with Crippen LogP contribution in [-0.4, -0.2) is 37.0 Å². The first-order valence-electron chi connectivity index (χ1n) is 10.4. The molecular weight excluding hydrogens is 356 g/mol. The van der Waals surface area contributed by atoms with Crippen LogP contribution in [0.2, 0.25) is 0 Å². The topological polar surface area (TPSA) is 65.5 Å². The second kappa shape index (κ2) is 9.09. The minimum Gasteiger partial charge on any atom is -0.357 e. The van der Waals surface area contributed by atoms with E-state index >= 15 is 0 Å². The normalized spacial score (nSPS) is 23.7. The van der Waals surface area contributed by atoms with Crippen LogP contribution in [-0.2, 0) is 10.2 Å². The van der Waals surface area contributed by atoms with E-state index in [2.05, 4.69) is 54.2 Å². The molecule has 5 nitrogen and oxygen atoms in total. The number of amides is 1. The van der Waals surface area contributed by atoms with Crippen LogP contribution < -0.4 is 16.0 Å². The van der Waals surface area contributed by atoms with Gasteiger partial charge in [-0.05, 0) is 50.5 Å². The maximum atomic E-state index is 12.4. The molecule has 1 amide bonds. The van der Waals surface area contributed by atoms with Crippen LogP contribution in [0.5, 0.6) is 0 Å². The van der Waals surface area contributed by atoms with Gasteiger partial charge in [-0.3, -0.25) is 9.79 Å². The lowest BCUT2D eigenvalue weighted by molar-refractivity contribution is -0.126. The largest absolute Gasteiger partial charge is 0.357 e. The third kappa shape index (κ3) is 5.96. The molecular formula is C21H34N4OS. The zero-order chi connectivity index (χ0) is 19.3. The predicted molar refractivity (Wildman–Crippen MR) is 113 cm³/mol. The van der Waals surface area contributed by atoms with Gasteiger partial charge in [0.2, 0.25) is 5.91 Å². The monoisotopic (exact) mass is 390 g/mol. The quantitative estimate of drug-likeness (QED) is 0.494. The van der Waals surface area contributed by atoms with E-state index in [1.165, 1.54) is 4.88 Å². The van der Waals surface area contributed by atoms with Crippen molar-refractivity contribution in [1.82, 2.24) is 16.0 Å². The molecule has 2 aliphatic carbocycles. The number of guanidine groups is 1. The summed E-state index contributed by atoms with van der Waals surface area (Å²) in [5.41, 5.74) is 0.0236. The van der Waals surface area contributed by atoms with Gasteiger partial charge in [0, 0.05) is 34.8 Å². The summed E-state index contributed by atoms with van der Waals surface area (Å²) >= 11 is 1.79. The summed E-state index contributed by atoms with van der Waals surface area (Å²) in [7, 11) is 0. The molecule has 0 radical (unpaired) electrons. The molecule has 2 aliphatic rings. The highest BCUT2D eigenvalue weighted by molar-refractivity contribution is 7.10. The second-order valence-corrected chi connectivity index (χ2v) is 9.49. The number of thiophene rings is 1. The number of carbonyl (C=O) groups is 1. The van der Waals surface area contributed by atoms with Crippen molar-refractivity contribution < 1.29 is 4.79 Å². The van der Waals surface area contributed by atoms with Crippen molar-refractivity contribution in [3.05, 3.63) is 22.4 Å². The molecule has 6 heteroatoms. The Balaban J connectivity index is 1.56. The molecule has 0 saturated heterocycles. The van der Waals surface area contributed by atoms with Crippen molar-refractivity contribution in [2.45, 2.75) is 76.8 Å². The highest BCUT2D eigenvalue weighted by Gasteiger charge is 2.31. The zero-order valence-corrected chi connectivity index (χ0v) is 17.7. The Labute approximate surface area is 167 Å². The Kier molecular flexibility index (Phi) is 6.79. The number of hydrogen-bond acceptors (Lipinski definition) is 3. The number of rotatable bonds is 7. The highest BCUT2D eigenvalue weighted by Crippen LogP contribution is 2.28. The number of nitrogens with one attached hydrogen (secondary N) is 3. The maximum absolute atomic E-state index is 12.4. The Hall–Kier alpha value is -1.56. The average Bonchev–Trinajstić information content (AvgIpc) is 3.27. The van der Waals surface area contributed by atoms with Crippen LogP contribution in [0, 0.1) is 5.92 Å². The zero-order valence-electron chi connectivity index (χ0n) is 16.9. The van der Waals surface area contributed by atoms with Crippen molar-refractivity contribution in [3.8, 4) is 0 Å². The molecule has 2 unspecified atom stereocenters. The summed E-state index contributed by atoms with van der Waals surface area (Å²) in [6, 6.07) is 5.05. The van der Waals surface area contributed by atoms with E-state index in [4.69, 9.17) is 4.99 Å². The first-order chi connectivity index (χ1) is 13.0. The summed E-state index contributed by atoms with van der Waals surface area (Å²) < 4.78 is 0. The Morgan fingerprint density at radius 3 is 2.70 bits per heavy atom. The average molecular weight is 391 g/mol. The van der Waals surface area contributed by atoms with E-state index in [9.17, 15) is 4.79 Å². The van der Waals surface area contributed by atoms with E-state index in [-0.39, 0.29) is 17.2 Å². The highest BCUT2D eigenvalue weighted by atomic mass is 32.1. The number of carbonyl (C=O) groups excluding carboxylic acids is 1. The van der Waals surface area contributed by atoms with Crippen LogP contribution in [0.1, 0.15) is 64.2 Å². The summed E-state index contributed by atoms with van der Waals surface area (Å²) in [5, 5.41) is 12.3. The van der Waals surface area contributed by atoms with Crippen LogP contribution in [0.25, 0.3) is 0 Å². The molecule has 0 aliphatic heterocycles. The van der Waals surface area contributed by atoms with Gasteiger partial charge in [0.15, 0.2) is 5.96 Å². The SMILES string of the molecule is CCNC(=NCC(C)(C)c1cccs1)NC1CCCC(C(=O)NC2CC2)C1. The van der Waals surface area contributed by atoms with Crippen LogP contribution in [0.4, 0.5) is 0 Å². The first-order valence-corrected chi connectivity index (χ1v) is 11.2. The van der Waals surface area contributed by atoms with Crippen molar-refractivity contribution in [2.24, 2.45) is 10.9 Å². The fraction of sp³-hybridized carbons (Fsp3) is 0.714. The third-order valence-electron chi connectivity index (χ3n) is 5.47. The molecule has 0 spiro atoms. The fourth-order valence-electron chi connectivity index (χ4n) is 3.64. The van der Waals surface area contributed by atoms with Gasteiger partial charge >= 0.3 is 0 Å². The van der Waals surface area contributed by atoms with E-state index in [1.54, 1.807) is 11.3 Å². The lowest BCUT2D eigenvalue weighted by atomic mass is 9.85. The Morgan fingerprint density at radius 2 is 2.04 bits per heavy atom. The summed E-state index contributed by atoms with van der Waals surface area (Å²) in [6.07, 6.45) is 6.41. The fourth-order valence-corrected chi connectivity index (χ4v) is 4.48. The minimum absolute atomic E-state index is 0.0236. The van der Waals surface area contributed by atoms with Crippen molar-refractivity contribution in [1.29, 1.82) is 0 Å². The van der Waals surface area contributed by atoms with Crippen molar-refractivity contribution >= 4 is 23.2 Å². The molecule has 150 valence electrons. The minimum atomic E-state index is 0.0236. The standard InChI is InChI=1S/C21H34N4OS/c1-4-22-20(23-14-21(2,3)18-9-6-12-27-18)25-17-8-5-7-15(13-17)19(26)24-16-10-11-16/h6,9,12,15-17H,4-5,7-8,10-11,13-14H2,1-3H3,(H,24,26)(H2,22,23,25). The summed E-state index contributed by atoms with van der Waals surface area (Å²) in [4.78, 5) is 18.6. The smallest absolute Gasteiger partial charge is 0.223 e. The van der Waals surface area contributed by atoms with Crippen molar-refractivity contribution in [3.63, 3.8) is 0 Å². The van der Waals surface area contributed by atoms with E-state index in [0.29, 0.717) is 12.1 Å². The molecule has 2 saturated carbocycles. The molecule has 1 aromatic rings. The molecule has 2 atom stereocenters. The summed E-state index contributed by atoms with van der Waals surface area (Å²) in [6.45, 7) is 8.15. The molecule has 3 N–H and O–H groups in total. The van der Waals surface area contributed by atoms with Gasteiger partial charge in [0.25, 0.3) is 0 Å². The molecule has 27 heavy (non-hydrogen) atoms.